The summed E-state index contributed by atoms with van der Waals surface area (Å²) >= 11 is 3.26. The summed E-state index contributed by atoms with van der Waals surface area (Å²) in [5, 5.41) is 3.07. The lowest BCUT2D eigenvalue weighted by Gasteiger charge is -2.26. The molecule has 1 aliphatic carbocycles. The molecule has 1 amide bonds. The standard InChI is InChI=1S/C12H15BrN2O/c1-12(2,9-3-4-9)15-11(16)8-5-6-14-10(13)7-8/h5-7,9H,3-4H2,1-2H3,(H,15,16). The minimum Gasteiger partial charge on any atom is -0.347 e. The molecule has 0 radical (unpaired) electrons. The summed E-state index contributed by atoms with van der Waals surface area (Å²) in [6.45, 7) is 4.16. The van der Waals surface area contributed by atoms with Crippen LogP contribution in [0.4, 0.5) is 0 Å². The van der Waals surface area contributed by atoms with Crippen LogP contribution in [0.2, 0.25) is 0 Å². The summed E-state index contributed by atoms with van der Waals surface area (Å²) in [5.41, 5.74) is 0.544. The molecule has 1 aromatic heterocycles. The second kappa shape index (κ2) is 4.17. The van der Waals surface area contributed by atoms with E-state index >= 15 is 0 Å². The molecule has 86 valence electrons. The minimum atomic E-state index is -0.104. The average molecular weight is 283 g/mol. The van der Waals surface area contributed by atoms with E-state index in [4.69, 9.17) is 0 Å². The van der Waals surface area contributed by atoms with Gasteiger partial charge in [0.15, 0.2) is 0 Å². The molecule has 1 aliphatic rings. The van der Waals surface area contributed by atoms with E-state index in [1.807, 2.05) is 0 Å². The van der Waals surface area contributed by atoms with Gasteiger partial charge in [0.25, 0.3) is 5.91 Å². The van der Waals surface area contributed by atoms with Crippen LogP contribution in [0.15, 0.2) is 22.9 Å². The lowest BCUT2D eigenvalue weighted by molar-refractivity contribution is 0.0903. The molecule has 0 unspecified atom stereocenters. The van der Waals surface area contributed by atoms with Crippen LogP contribution >= 0.6 is 15.9 Å². The van der Waals surface area contributed by atoms with Crippen molar-refractivity contribution in [3.63, 3.8) is 0 Å². The monoisotopic (exact) mass is 282 g/mol. The Morgan fingerprint density at radius 3 is 2.81 bits per heavy atom. The van der Waals surface area contributed by atoms with Crippen LogP contribution in [0.25, 0.3) is 0 Å². The van der Waals surface area contributed by atoms with Crippen LogP contribution in [0.5, 0.6) is 0 Å². The van der Waals surface area contributed by atoms with Gasteiger partial charge in [0.05, 0.1) is 0 Å². The number of carbonyl (C=O) groups is 1. The van der Waals surface area contributed by atoms with E-state index < -0.39 is 0 Å². The second-order valence-electron chi connectivity index (χ2n) is 4.82. The number of nitrogens with zero attached hydrogens (tertiary/aromatic N) is 1. The molecular weight excluding hydrogens is 268 g/mol. The molecule has 1 N–H and O–H groups in total. The fraction of sp³-hybridized carbons (Fsp3) is 0.500. The van der Waals surface area contributed by atoms with Gasteiger partial charge in [0.2, 0.25) is 0 Å². The number of halogens is 1. The number of pyridine rings is 1. The van der Waals surface area contributed by atoms with Gasteiger partial charge in [-0.25, -0.2) is 4.98 Å². The quantitative estimate of drug-likeness (QED) is 0.867. The Morgan fingerprint density at radius 2 is 2.25 bits per heavy atom. The van der Waals surface area contributed by atoms with Gasteiger partial charge in [-0.15, -0.1) is 0 Å². The molecular formula is C12H15BrN2O. The summed E-state index contributed by atoms with van der Waals surface area (Å²) in [7, 11) is 0. The molecule has 2 rings (SSSR count). The molecule has 1 aromatic rings. The van der Waals surface area contributed by atoms with Crippen molar-refractivity contribution in [2.75, 3.05) is 0 Å². The van der Waals surface area contributed by atoms with Crippen molar-refractivity contribution in [3.8, 4) is 0 Å². The number of hydrogen-bond donors (Lipinski definition) is 1. The van der Waals surface area contributed by atoms with E-state index in [0.717, 1.165) is 0 Å². The number of amides is 1. The Hall–Kier alpha value is -0.900. The molecule has 1 heterocycles. The first kappa shape index (κ1) is 11.6. The maximum absolute atomic E-state index is 12.0. The summed E-state index contributed by atoms with van der Waals surface area (Å²) < 4.78 is 0.685. The molecule has 0 aliphatic heterocycles. The lowest BCUT2D eigenvalue weighted by Crippen LogP contribution is -2.45. The van der Waals surface area contributed by atoms with Crippen molar-refractivity contribution in [2.24, 2.45) is 5.92 Å². The minimum absolute atomic E-state index is 0.0278. The highest BCUT2D eigenvalue weighted by Crippen LogP contribution is 2.39. The Kier molecular flexibility index (Phi) is 3.02. The highest BCUT2D eigenvalue weighted by molar-refractivity contribution is 9.10. The van der Waals surface area contributed by atoms with Crippen molar-refractivity contribution in [3.05, 3.63) is 28.5 Å². The molecule has 3 nitrogen and oxygen atoms in total. The third-order valence-corrected chi connectivity index (χ3v) is 3.46. The fourth-order valence-electron chi connectivity index (χ4n) is 1.82. The van der Waals surface area contributed by atoms with Crippen molar-refractivity contribution in [1.82, 2.24) is 10.3 Å². The highest BCUT2D eigenvalue weighted by Gasteiger charge is 2.38. The molecule has 4 heteroatoms. The van der Waals surface area contributed by atoms with Gasteiger partial charge < -0.3 is 5.32 Å². The van der Waals surface area contributed by atoms with E-state index in [1.54, 1.807) is 18.3 Å². The van der Waals surface area contributed by atoms with E-state index in [1.165, 1.54) is 12.8 Å². The van der Waals surface area contributed by atoms with Crippen molar-refractivity contribution in [1.29, 1.82) is 0 Å². The third kappa shape index (κ3) is 2.61. The van der Waals surface area contributed by atoms with Gasteiger partial charge in [-0.2, -0.15) is 0 Å². The zero-order valence-electron chi connectivity index (χ0n) is 9.46. The van der Waals surface area contributed by atoms with E-state index in [0.29, 0.717) is 16.1 Å². The lowest BCUT2D eigenvalue weighted by atomic mass is 9.98. The second-order valence-corrected chi connectivity index (χ2v) is 5.63. The van der Waals surface area contributed by atoms with Gasteiger partial charge in [-0.05, 0) is 60.7 Å². The smallest absolute Gasteiger partial charge is 0.251 e. The summed E-state index contributed by atoms with van der Waals surface area (Å²) in [5.74, 6) is 0.599. The topological polar surface area (TPSA) is 42.0 Å². The molecule has 0 atom stereocenters. The Labute approximate surface area is 104 Å². The normalized spacial score (nSPS) is 15.9. The zero-order chi connectivity index (χ0) is 11.8. The molecule has 16 heavy (non-hydrogen) atoms. The van der Waals surface area contributed by atoms with Gasteiger partial charge >= 0.3 is 0 Å². The summed E-state index contributed by atoms with van der Waals surface area (Å²) in [4.78, 5) is 16.0. The predicted molar refractivity (Wildman–Crippen MR) is 66.2 cm³/mol. The summed E-state index contributed by atoms with van der Waals surface area (Å²) in [6, 6.07) is 3.46. The zero-order valence-corrected chi connectivity index (χ0v) is 11.0. The SMILES string of the molecule is CC(C)(NC(=O)c1ccnc(Br)c1)C1CC1. The fourth-order valence-corrected chi connectivity index (χ4v) is 2.18. The number of aromatic nitrogens is 1. The molecule has 0 spiro atoms. The van der Waals surface area contributed by atoms with E-state index in [2.05, 4.69) is 40.1 Å². The van der Waals surface area contributed by atoms with Gasteiger partial charge in [0, 0.05) is 17.3 Å². The largest absolute Gasteiger partial charge is 0.347 e. The van der Waals surface area contributed by atoms with Crippen LogP contribution in [0.3, 0.4) is 0 Å². The van der Waals surface area contributed by atoms with E-state index in [-0.39, 0.29) is 11.4 Å². The first-order chi connectivity index (χ1) is 7.49. The predicted octanol–water partition coefficient (Wildman–Crippen LogP) is 2.76. The maximum atomic E-state index is 12.0. The van der Waals surface area contributed by atoms with Crippen molar-refractivity contribution < 1.29 is 4.79 Å². The van der Waals surface area contributed by atoms with Crippen molar-refractivity contribution >= 4 is 21.8 Å². The Balaban J connectivity index is 2.08. The molecule has 0 saturated heterocycles. The Morgan fingerprint density at radius 1 is 1.56 bits per heavy atom. The highest BCUT2D eigenvalue weighted by atomic mass is 79.9. The van der Waals surface area contributed by atoms with Gasteiger partial charge in [0.1, 0.15) is 4.60 Å². The molecule has 1 saturated carbocycles. The number of hydrogen-bond acceptors (Lipinski definition) is 2. The van der Waals surface area contributed by atoms with Crippen LogP contribution < -0.4 is 5.32 Å². The van der Waals surface area contributed by atoms with Crippen LogP contribution in [0, 0.1) is 5.92 Å². The number of carbonyl (C=O) groups excluding carboxylic acids is 1. The first-order valence-electron chi connectivity index (χ1n) is 5.43. The van der Waals surface area contributed by atoms with Crippen LogP contribution in [-0.4, -0.2) is 16.4 Å². The number of rotatable bonds is 3. The van der Waals surface area contributed by atoms with E-state index in [9.17, 15) is 4.79 Å². The van der Waals surface area contributed by atoms with Gasteiger partial charge in [-0.3, -0.25) is 4.79 Å². The molecule has 0 aromatic carbocycles. The van der Waals surface area contributed by atoms with Crippen molar-refractivity contribution in [2.45, 2.75) is 32.2 Å². The molecule has 1 fully saturated rings. The van der Waals surface area contributed by atoms with Crippen LogP contribution in [0.1, 0.15) is 37.0 Å². The molecule has 0 bridgehead atoms. The average Bonchev–Trinajstić information content (AvgIpc) is 3.00. The van der Waals surface area contributed by atoms with Crippen LogP contribution in [-0.2, 0) is 0 Å². The third-order valence-electron chi connectivity index (χ3n) is 3.02. The number of nitrogens with one attached hydrogen (secondary N) is 1. The van der Waals surface area contributed by atoms with Gasteiger partial charge in [-0.1, -0.05) is 0 Å². The summed E-state index contributed by atoms with van der Waals surface area (Å²) in [6.07, 6.45) is 4.06. The maximum Gasteiger partial charge on any atom is 0.251 e. The Bertz CT molecular complexity index is 413. The first-order valence-corrected chi connectivity index (χ1v) is 6.22.